The first-order valence-electron chi connectivity index (χ1n) is 6.61. The van der Waals surface area contributed by atoms with Gasteiger partial charge in [-0.1, -0.05) is 11.8 Å². The molecule has 0 aliphatic carbocycles. The standard InChI is InChI=1S/C13H12N6O3S/c20-10(16-12(21)15-7-9-3-1-6-22-9)8-23-13-17-11-14-4-2-5-19(11)18-13/h1-6H,7-8H2,(H2,15,16,20,21). The lowest BCUT2D eigenvalue weighted by Crippen LogP contribution is -2.39. The summed E-state index contributed by atoms with van der Waals surface area (Å²) in [5, 5.41) is 9.29. The maximum Gasteiger partial charge on any atom is 0.321 e. The second-order valence-electron chi connectivity index (χ2n) is 4.36. The Kier molecular flexibility index (Phi) is 4.52. The van der Waals surface area contributed by atoms with E-state index in [1.165, 1.54) is 10.8 Å². The second kappa shape index (κ2) is 6.92. The van der Waals surface area contributed by atoms with Crippen molar-refractivity contribution in [3.05, 3.63) is 42.6 Å². The highest BCUT2D eigenvalue weighted by Crippen LogP contribution is 2.12. The van der Waals surface area contributed by atoms with Crippen LogP contribution in [-0.2, 0) is 11.3 Å². The maximum atomic E-state index is 11.7. The zero-order valence-corrected chi connectivity index (χ0v) is 12.6. The summed E-state index contributed by atoms with van der Waals surface area (Å²) in [6.45, 7) is 0.207. The van der Waals surface area contributed by atoms with Crippen molar-refractivity contribution < 1.29 is 14.0 Å². The van der Waals surface area contributed by atoms with Crippen LogP contribution in [0.25, 0.3) is 5.78 Å². The monoisotopic (exact) mass is 332 g/mol. The Morgan fingerprint density at radius 2 is 2.26 bits per heavy atom. The van der Waals surface area contributed by atoms with Crippen LogP contribution < -0.4 is 10.6 Å². The normalized spacial score (nSPS) is 10.6. The fraction of sp³-hybridized carbons (Fsp3) is 0.154. The van der Waals surface area contributed by atoms with E-state index in [-0.39, 0.29) is 12.3 Å². The van der Waals surface area contributed by atoms with Crippen LogP contribution in [0.1, 0.15) is 5.76 Å². The fourth-order valence-corrected chi connectivity index (χ4v) is 2.32. The van der Waals surface area contributed by atoms with Crippen molar-refractivity contribution in [1.82, 2.24) is 30.2 Å². The molecule has 10 heteroatoms. The number of amides is 3. The minimum atomic E-state index is -0.586. The molecule has 118 valence electrons. The lowest BCUT2D eigenvalue weighted by molar-refractivity contribution is -0.117. The summed E-state index contributed by atoms with van der Waals surface area (Å²) in [6, 6.07) is 4.58. The molecule has 0 saturated heterocycles. The van der Waals surface area contributed by atoms with Crippen molar-refractivity contribution in [2.75, 3.05) is 5.75 Å². The van der Waals surface area contributed by atoms with Gasteiger partial charge in [0, 0.05) is 12.4 Å². The zero-order chi connectivity index (χ0) is 16.1. The molecule has 3 aromatic rings. The number of carbonyl (C=O) groups excluding carboxylic acids is 2. The van der Waals surface area contributed by atoms with Gasteiger partial charge in [0.1, 0.15) is 5.76 Å². The SMILES string of the molecule is O=C(CSc1nc2ncccn2n1)NC(=O)NCc1ccco1. The van der Waals surface area contributed by atoms with Gasteiger partial charge in [0.05, 0.1) is 18.6 Å². The van der Waals surface area contributed by atoms with Crippen LogP contribution in [0, 0.1) is 0 Å². The highest BCUT2D eigenvalue weighted by molar-refractivity contribution is 7.99. The molecule has 0 fully saturated rings. The number of nitrogens with zero attached hydrogens (tertiary/aromatic N) is 4. The summed E-state index contributed by atoms with van der Waals surface area (Å²) in [5.41, 5.74) is 0. The largest absolute Gasteiger partial charge is 0.467 e. The van der Waals surface area contributed by atoms with Crippen LogP contribution in [0.4, 0.5) is 4.79 Å². The third-order valence-corrected chi connectivity index (χ3v) is 3.52. The molecule has 0 aliphatic heterocycles. The van der Waals surface area contributed by atoms with Crippen LogP contribution in [-0.4, -0.2) is 37.3 Å². The molecule has 0 bridgehead atoms. The summed E-state index contributed by atoms with van der Waals surface area (Å²) < 4.78 is 6.58. The first kappa shape index (κ1) is 15.0. The summed E-state index contributed by atoms with van der Waals surface area (Å²) in [5.74, 6) is 0.624. The molecule has 3 heterocycles. The molecule has 0 unspecified atom stereocenters. The van der Waals surface area contributed by atoms with Gasteiger partial charge in [-0.15, -0.1) is 5.10 Å². The Balaban J connectivity index is 1.44. The van der Waals surface area contributed by atoms with Crippen molar-refractivity contribution >= 4 is 29.5 Å². The van der Waals surface area contributed by atoms with Crippen molar-refractivity contribution in [2.45, 2.75) is 11.7 Å². The van der Waals surface area contributed by atoms with Crippen LogP contribution in [0.2, 0.25) is 0 Å². The lowest BCUT2D eigenvalue weighted by Gasteiger charge is -2.04. The predicted molar refractivity (Wildman–Crippen MR) is 80.6 cm³/mol. The summed E-state index contributed by atoms with van der Waals surface area (Å²) >= 11 is 1.12. The molecule has 0 atom stereocenters. The van der Waals surface area contributed by atoms with Gasteiger partial charge in [-0.2, -0.15) is 4.98 Å². The Hall–Kier alpha value is -2.88. The number of furan rings is 1. The summed E-state index contributed by atoms with van der Waals surface area (Å²) in [4.78, 5) is 31.4. The Morgan fingerprint density at radius 1 is 1.35 bits per heavy atom. The number of hydrogen-bond acceptors (Lipinski definition) is 7. The Morgan fingerprint density at radius 3 is 3.04 bits per heavy atom. The fourth-order valence-electron chi connectivity index (χ4n) is 1.69. The van der Waals surface area contributed by atoms with Gasteiger partial charge in [0.25, 0.3) is 5.78 Å². The van der Waals surface area contributed by atoms with Crippen molar-refractivity contribution in [1.29, 1.82) is 0 Å². The number of aromatic nitrogens is 4. The van der Waals surface area contributed by atoms with Gasteiger partial charge >= 0.3 is 6.03 Å². The molecular formula is C13H12N6O3S. The number of thioether (sulfide) groups is 1. The predicted octanol–water partition coefficient (Wildman–Crippen LogP) is 0.835. The van der Waals surface area contributed by atoms with Crippen LogP contribution >= 0.6 is 11.8 Å². The van der Waals surface area contributed by atoms with Crippen LogP contribution in [0.5, 0.6) is 0 Å². The topological polar surface area (TPSA) is 114 Å². The highest BCUT2D eigenvalue weighted by atomic mass is 32.2. The molecular weight excluding hydrogens is 320 g/mol. The molecule has 9 nitrogen and oxygen atoms in total. The first-order valence-corrected chi connectivity index (χ1v) is 7.59. The Labute approximate surface area is 134 Å². The quantitative estimate of drug-likeness (QED) is 0.665. The van der Waals surface area contributed by atoms with Crippen molar-refractivity contribution in [2.24, 2.45) is 0 Å². The van der Waals surface area contributed by atoms with Crippen LogP contribution in [0.3, 0.4) is 0 Å². The van der Waals surface area contributed by atoms with Gasteiger partial charge in [-0.05, 0) is 18.2 Å². The number of imide groups is 1. The minimum absolute atomic E-state index is 0.0189. The number of carbonyl (C=O) groups is 2. The van der Waals surface area contributed by atoms with E-state index in [9.17, 15) is 9.59 Å². The molecule has 0 aromatic carbocycles. The number of nitrogens with one attached hydrogen (secondary N) is 2. The Bertz CT molecular complexity index is 783. The van der Waals surface area contributed by atoms with Gasteiger partial charge in [-0.25, -0.2) is 14.3 Å². The summed E-state index contributed by atoms with van der Waals surface area (Å²) in [7, 11) is 0. The van der Waals surface area contributed by atoms with E-state index >= 15 is 0 Å². The molecule has 0 spiro atoms. The number of hydrogen-bond donors (Lipinski definition) is 2. The number of urea groups is 1. The first-order chi connectivity index (χ1) is 11.2. The van der Waals surface area contributed by atoms with Crippen LogP contribution in [0.15, 0.2) is 46.4 Å². The molecule has 0 radical (unpaired) electrons. The van der Waals surface area contributed by atoms with E-state index in [1.807, 2.05) is 0 Å². The van der Waals surface area contributed by atoms with E-state index in [1.54, 1.807) is 30.6 Å². The second-order valence-corrected chi connectivity index (χ2v) is 5.30. The van der Waals surface area contributed by atoms with Gasteiger partial charge in [-0.3, -0.25) is 10.1 Å². The average Bonchev–Trinajstić information content (AvgIpc) is 3.19. The van der Waals surface area contributed by atoms with E-state index in [2.05, 4.69) is 25.7 Å². The van der Waals surface area contributed by atoms with E-state index in [0.29, 0.717) is 16.7 Å². The van der Waals surface area contributed by atoms with Gasteiger partial charge < -0.3 is 9.73 Å². The van der Waals surface area contributed by atoms with Gasteiger partial charge in [0.2, 0.25) is 11.1 Å². The smallest absolute Gasteiger partial charge is 0.321 e. The maximum absolute atomic E-state index is 11.7. The van der Waals surface area contributed by atoms with Crippen molar-refractivity contribution in [3.8, 4) is 0 Å². The molecule has 3 rings (SSSR count). The molecule has 2 N–H and O–H groups in total. The van der Waals surface area contributed by atoms with Crippen molar-refractivity contribution in [3.63, 3.8) is 0 Å². The lowest BCUT2D eigenvalue weighted by atomic mass is 10.4. The third-order valence-electron chi connectivity index (χ3n) is 2.69. The molecule has 0 saturated carbocycles. The van der Waals surface area contributed by atoms with E-state index in [0.717, 1.165) is 11.8 Å². The van der Waals surface area contributed by atoms with Gasteiger partial charge in [0.15, 0.2) is 0 Å². The van der Waals surface area contributed by atoms with E-state index in [4.69, 9.17) is 4.42 Å². The summed E-state index contributed by atoms with van der Waals surface area (Å²) in [6.07, 6.45) is 4.82. The zero-order valence-electron chi connectivity index (χ0n) is 11.8. The van der Waals surface area contributed by atoms with E-state index < -0.39 is 11.9 Å². The minimum Gasteiger partial charge on any atom is -0.467 e. The number of fused-ring (bicyclic) bond motifs is 1. The highest BCUT2D eigenvalue weighted by Gasteiger charge is 2.11. The molecule has 0 aliphatic rings. The number of rotatable bonds is 5. The molecule has 3 amide bonds. The molecule has 23 heavy (non-hydrogen) atoms. The molecule has 3 aromatic heterocycles. The average molecular weight is 332 g/mol. The third kappa shape index (κ3) is 4.07.